The highest BCUT2D eigenvalue weighted by Crippen LogP contribution is 1.95. The highest BCUT2D eigenvalue weighted by atomic mass is 13.8. The lowest BCUT2D eigenvalue weighted by molar-refractivity contribution is 0.815. The highest BCUT2D eigenvalue weighted by molar-refractivity contribution is 5.12. The third-order valence-corrected chi connectivity index (χ3v) is 2.22. The first-order valence-electron chi connectivity index (χ1n) is 6.71. The summed E-state index contributed by atoms with van der Waals surface area (Å²) in [4.78, 5) is 0. The molecule has 0 aliphatic heterocycles. The number of rotatable bonds is 9. The van der Waals surface area contributed by atoms with Crippen molar-refractivity contribution in [3.63, 3.8) is 0 Å². The molecule has 94 valence electrons. The predicted octanol–water partition coefficient (Wildman–Crippen LogP) is 5.76. The minimum atomic E-state index is 0.998. The summed E-state index contributed by atoms with van der Waals surface area (Å²) >= 11 is 0. The second kappa shape index (κ2) is 14.7. The van der Waals surface area contributed by atoms with E-state index in [1.807, 2.05) is 0 Å². The van der Waals surface area contributed by atoms with Crippen LogP contribution in [-0.2, 0) is 0 Å². The average Bonchev–Trinajstić information content (AvgIpc) is 2.35. The molecule has 0 rings (SSSR count). The molecule has 0 heterocycles. The highest BCUT2D eigenvalue weighted by Gasteiger charge is 1.74. The molecular formula is C17H26. The van der Waals surface area contributed by atoms with Crippen LogP contribution in [0.25, 0.3) is 0 Å². The Balaban J connectivity index is 3.52. The van der Waals surface area contributed by atoms with Crippen LogP contribution in [-0.4, -0.2) is 0 Å². The van der Waals surface area contributed by atoms with Gasteiger partial charge in [-0.05, 0) is 19.3 Å². The maximum absolute atomic E-state index is 2.23. The second-order valence-electron chi connectivity index (χ2n) is 3.88. The average molecular weight is 230 g/mol. The van der Waals surface area contributed by atoms with Gasteiger partial charge < -0.3 is 0 Å². The van der Waals surface area contributed by atoms with Crippen LogP contribution in [0.1, 0.15) is 46.0 Å². The molecule has 0 bridgehead atoms. The van der Waals surface area contributed by atoms with Crippen molar-refractivity contribution in [2.24, 2.45) is 0 Å². The summed E-state index contributed by atoms with van der Waals surface area (Å²) < 4.78 is 0. The lowest BCUT2D eigenvalue weighted by atomic mass is 10.2. The van der Waals surface area contributed by atoms with E-state index in [-0.39, 0.29) is 0 Å². The quantitative estimate of drug-likeness (QED) is 0.349. The van der Waals surface area contributed by atoms with Gasteiger partial charge in [-0.2, -0.15) is 0 Å². The van der Waals surface area contributed by atoms with Crippen molar-refractivity contribution in [3.05, 3.63) is 60.8 Å². The standard InChI is InChI=1S/C17H26/c1-3-5-7-9-11-13-15-17-16-14-12-10-8-6-4-2/h5,7,9-12,14-17H,3-4,6,8,13H2,1-2H3. The largest absolute Gasteiger partial charge is 0.0848 e. The lowest BCUT2D eigenvalue weighted by Gasteiger charge is -1.85. The zero-order valence-electron chi connectivity index (χ0n) is 11.3. The fourth-order valence-corrected chi connectivity index (χ4v) is 1.23. The molecule has 0 aliphatic carbocycles. The van der Waals surface area contributed by atoms with Crippen LogP contribution in [0.5, 0.6) is 0 Å². The van der Waals surface area contributed by atoms with E-state index in [1.165, 1.54) is 19.3 Å². The molecule has 0 aromatic heterocycles. The van der Waals surface area contributed by atoms with E-state index in [2.05, 4.69) is 74.6 Å². The van der Waals surface area contributed by atoms with E-state index in [0.717, 1.165) is 12.8 Å². The van der Waals surface area contributed by atoms with Crippen molar-refractivity contribution in [1.82, 2.24) is 0 Å². The van der Waals surface area contributed by atoms with Gasteiger partial charge in [0.15, 0.2) is 0 Å². The van der Waals surface area contributed by atoms with Crippen LogP contribution in [0.4, 0.5) is 0 Å². The summed E-state index contributed by atoms with van der Waals surface area (Å²) in [7, 11) is 0. The minimum Gasteiger partial charge on any atom is -0.0848 e. The van der Waals surface area contributed by atoms with E-state index in [0.29, 0.717) is 0 Å². The van der Waals surface area contributed by atoms with Gasteiger partial charge in [0.25, 0.3) is 0 Å². The Morgan fingerprint density at radius 3 is 1.88 bits per heavy atom. The maximum Gasteiger partial charge on any atom is -0.0163 e. The number of hydrogen-bond acceptors (Lipinski definition) is 0. The monoisotopic (exact) mass is 230 g/mol. The maximum atomic E-state index is 2.23. The van der Waals surface area contributed by atoms with Crippen LogP contribution >= 0.6 is 0 Å². The van der Waals surface area contributed by atoms with Gasteiger partial charge in [-0.25, -0.2) is 0 Å². The molecule has 17 heavy (non-hydrogen) atoms. The van der Waals surface area contributed by atoms with E-state index in [1.54, 1.807) is 0 Å². The van der Waals surface area contributed by atoms with Crippen LogP contribution in [0.15, 0.2) is 60.8 Å². The number of allylic oxidation sites excluding steroid dienone is 10. The minimum absolute atomic E-state index is 0.998. The smallest absolute Gasteiger partial charge is 0.0163 e. The molecule has 0 aliphatic rings. The molecule has 0 fully saturated rings. The van der Waals surface area contributed by atoms with Gasteiger partial charge in [-0.1, -0.05) is 87.4 Å². The lowest BCUT2D eigenvalue weighted by Crippen LogP contribution is -1.64. The van der Waals surface area contributed by atoms with Crippen molar-refractivity contribution in [2.75, 3.05) is 0 Å². The van der Waals surface area contributed by atoms with Gasteiger partial charge in [-0.3, -0.25) is 0 Å². The molecule has 0 radical (unpaired) electrons. The van der Waals surface area contributed by atoms with E-state index < -0.39 is 0 Å². The summed E-state index contributed by atoms with van der Waals surface area (Å²) in [5.41, 5.74) is 0. The molecule has 0 saturated heterocycles. The van der Waals surface area contributed by atoms with Gasteiger partial charge in [-0.15, -0.1) is 0 Å². The van der Waals surface area contributed by atoms with Crippen LogP contribution in [0.3, 0.4) is 0 Å². The Hall–Kier alpha value is -1.30. The van der Waals surface area contributed by atoms with Crippen molar-refractivity contribution >= 4 is 0 Å². The zero-order valence-corrected chi connectivity index (χ0v) is 11.3. The Morgan fingerprint density at radius 2 is 1.24 bits per heavy atom. The fourth-order valence-electron chi connectivity index (χ4n) is 1.23. The molecule has 0 amide bonds. The Kier molecular flexibility index (Phi) is 13.6. The first-order valence-corrected chi connectivity index (χ1v) is 6.71. The van der Waals surface area contributed by atoms with Crippen molar-refractivity contribution in [2.45, 2.75) is 46.0 Å². The van der Waals surface area contributed by atoms with Gasteiger partial charge in [0.1, 0.15) is 0 Å². The molecule has 0 heteroatoms. The topological polar surface area (TPSA) is 0 Å². The predicted molar refractivity (Wildman–Crippen MR) is 80.1 cm³/mol. The van der Waals surface area contributed by atoms with E-state index in [4.69, 9.17) is 0 Å². The van der Waals surface area contributed by atoms with Crippen LogP contribution < -0.4 is 0 Å². The summed E-state index contributed by atoms with van der Waals surface area (Å²) in [6.45, 7) is 4.36. The zero-order chi connectivity index (χ0) is 12.6. The molecule has 0 N–H and O–H groups in total. The van der Waals surface area contributed by atoms with Crippen molar-refractivity contribution in [1.29, 1.82) is 0 Å². The molecule has 0 aromatic carbocycles. The molecule has 0 nitrogen and oxygen atoms in total. The molecule has 0 atom stereocenters. The Morgan fingerprint density at radius 1 is 0.647 bits per heavy atom. The van der Waals surface area contributed by atoms with Gasteiger partial charge in [0.2, 0.25) is 0 Å². The first kappa shape index (κ1) is 15.7. The first-order chi connectivity index (χ1) is 8.41. The Labute approximate surface area is 107 Å². The third-order valence-electron chi connectivity index (χ3n) is 2.22. The van der Waals surface area contributed by atoms with E-state index >= 15 is 0 Å². The SMILES string of the molecule is CCC=CC=CCC=CC=CC=CCCCC. The molecular weight excluding hydrogens is 204 g/mol. The Bertz CT molecular complexity index is 274. The molecule has 0 unspecified atom stereocenters. The van der Waals surface area contributed by atoms with Crippen LogP contribution in [0.2, 0.25) is 0 Å². The number of unbranched alkanes of at least 4 members (excludes halogenated alkanes) is 2. The van der Waals surface area contributed by atoms with E-state index in [9.17, 15) is 0 Å². The summed E-state index contributed by atoms with van der Waals surface area (Å²) in [5.74, 6) is 0. The fraction of sp³-hybridized carbons (Fsp3) is 0.412. The van der Waals surface area contributed by atoms with Gasteiger partial charge >= 0.3 is 0 Å². The van der Waals surface area contributed by atoms with Crippen molar-refractivity contribution < 1.29 is 0 Å². The third kappa shape index (κ3) is 14.7. The molecule has 0 saturated carbocycles. The van der Waals surface area contributed by atoms with Crippen molar-refractivity contribution in [3.8, 4) is 0 Å². The molecule has 0 spiro atoms. The second-order valence-corrected chi connectivity index (χ2v) is 3.88. The number of hydrogen-bond donors (Lipinski definition) is 0. The summed E-state index contributed by atoms with van der Waals surface area (Å²) in [6.07, 6.45) is 27.1. The normalized spacial score (nSPS) is 13.3. The molecule has 0 aromatic rings. The summed E-state index contributed by atoms with van der Waals surface area (Å²) in [5, 5.41) is 0. The van der Waals surface area contributed by atoms with Crippen LogP contribution in [0, 0.1) is 0 Å². The van der Waals surface area contributed by atoms with Gasteiger partial charge in [0, 0.05) is 0 Å². The van der Waals surface area contributed by atoms with Gasteiger partial charge in [0.05, 0.1) is 0 Å². The summed E-state index contributed by atoms with van der Waals surface area (Å²) in [6, 6.07) is 0.